The van der Waals surface area contributed by atoms with E-state index in [1.807, 2.05) is 11.8 Å². The highest BCUT2D eigenvalue weighted by molar-refractivity contribution is 7.98. The number of rotatable bonds is 6. The molecular weight excluding hydrogens is 200 g/mol. The fourth-order valence-electron chi connectivity index (χ4n) is 1.03. The molecule has 0 saturated heterocycles. The van der Waals surface area contributed by atoms with Crippen molar-refractivity contribution < 1.29 is 0 Å². The summed E-state index contributed by atoms with van der Waals surface area (Å²) < 4.78 is 0. The Morgan fingerprint density at radius 2 is 2.00 bits per heavy atom. The maximum atomic E-state index is 5.23. The summed E-state index contributed by atoms with van der Waals surface area (Å²) in [7, 11) is 0. The largest absolute Gasteiger partial charge is 0.363 e. The number of hydrogen-bond acceptors (Lipinski definition) is 2. The summed E-state index contributed by atoms with van der Waals surface area (Å²) in [6.07, 6.45) is 3.31. The molecule has 0 atom stereocenters. The van der Waals surface area contributed by atoms with Gasteiger partial charge in [0.05, 0.1) is 0 Å². The Morgan fingerprint density at radius 3 is 2.46 bits per heavy atom. The molecule has 2 nitrogen and oxygen atoms in total. The SMILES string of the molecule is CCN(CC)C(=S)NCCCSC. The zero-order chi connectivity index (χ0) is 10.1. The average Bonchev–Trinajstić information content (AvgIpc) is 2.14. The van der Waals surface area contributed by atoms with Gasteiger partial charge in [0.15, 0.2) is 5.11 Å². The Kier molecular flexibility index (Phi) is 8.66. The van der Waals surface area contributed by atoms with Crippen LogP contribution < -0.4 is 5.32 Å². The zero-order valence-corrected chi connectivity index (χ0v) is 10.4. The van der Waals surface area contributed by atoms with Gasteiger partial charge in [0.25, 0.3) is 0 Å². The van der Waals surface area contributed by atoms with Crippen LogP contribution in [0.3, 0.4) is 0 Å². The van der Waals surface area contributed by atoms with E-state index in [1.165, 1.54) is 12.2 Å². The van der Waals surface area contributed by atoms with Crippen LogP contribution in [0.2, 0.25) is 0 Å². The maximum absolute atomic E-state index is 5.23. The molecule has 0 aliphatic rings. The van der Waals surface area contributed by atoms with Crippen molar-refractivity contribution in [1.82, 2.24) is 10.2 Å². The fraction of sp³-hybridized carbons (Fsp3) is 0.889. The summed E-state index contributed by atoms with van der Waals surface area (Å²) in [5.41, 5.74) is 0. The van der Waals surface area contributed by atoms with Crippen molar-refractivity contribution >= 4 is 29.1 Å². The van der Waals surface area contributed by atoms with Crippen molar-refractivity contribution in [1.29, 1.82) is 0 Å². The molecule has 4 heteroatoms. The minimum Gasteiger partial charge on any atom is -0.363 e. The van der Waals surface area contributed by atoms with Gasteiger partial charge in [0.2, 0.25) is 0 Å². The number of nitrogens with one attached hydrogen (secondary N) is 1. The van der Waals surface area contributed by atoms with Gasteiger partial charge in [-0.15, -0.1) is 0 Å². The minimum atomic E-state index is 0.895. The Labute approximate surface area is 91.5 Å². The number of nitrogens with zero attached hydrogens (tertiary/aromatic N) is 1. The van der Waals surface area contributed by atoms with Crippen LogP contribution in [0.5, 0.6) is 0 Å². The van der Waals surface area contributed by atoms with Crippen LogP contribution in [0.25, 0.3) is 0 Å². The quantitative estimate of drug-likeness (QED) is 0.543. The van der Waals surface area contributed by atoms with Crippen molar-refractivity contribution in [2.45, 2.75) is 20.3 Å². The molecule has 0 amide bonds. The van der Waals surface area contributed by atoms with E-state index in [0.717, 1.165) is 24.7 Å². The summed E-state index contributed by atoms with van der Waals surface area (Å²) in [5.74, 6) is 1.20. The van der Waals surface area contributed by atoms with E-state index in [-0.39, 0.29) is 0 Å². The molecule has 0 radical (unpaired) electrons. The Bertz CT molecular complexity index is 136. The topological polar surface area (TPSA) is 15.3 Å². The van der Waals surface area contributed by atoms with E-state index in [1.54, 1.807) is 0 Å². The van der Waals surface area contributed by atoms with E-state index >= 15 is 0 Å². The first kappa shape index (κ1) is 13.0. The summed E-state index contributed by atoms with van der Waals surface area (Å²) in [4.78, 5) is 2.16. The standard InChI is InChI=1S/C9H20N2S2/c1-4-11(5-2)9(12)10-7-6-8-13-3/h4-8H2,1-3H3,(H,10,12). The van der Waals surface area contributed by atoms with Crippen LogP contribution >= 0.6 is 24.0 Å². The summed E-state index contributed by atoms with van der Waals surface area (Å²) in [5, 5.41) is 4.16. The molecule has 0 unspecified atom stereocenters. The highest BCUT2D eigenvalue weighted by Gasteiger charge is 2.02. The molecular formula is C9H20N2S2. The highest BCUT2D eigenvalue weighted by Crippen LogP contribution is 1.94. The lowest BCUT2D eigenvalue weighted by Gasteiger charge is -2.22. The Morgan fingerprint density at radius 1 is 1.38 bits per heavy atom. The molecule has 0 bridgehead atoms. The molecule has 0 saturated carbocycles. The first-order valence-corrected chi connectivity index (χ1v) is 6.58. The van der Waals surface area contributed by atoms with Crippen LogP contribution in [0.15, 0.2) is 0 Å². The fourth-order valence-corrected chi connectivity index (χ4v) is 1.83. The molecule has 0 aromatic heterocycles. The van der Waals surface area contributed by atoms with E-state index in [4.69, 9.17) is 12.2 Å². The van der Waals surface area contributed by atoms with Gasteiger partial charge in [-0.25, -0.2) is 0 Å². The van der Waals surface area contributed by atoms with Gasteiger partial charge in [-0.1, -0.05) is 0 Å². The van der Waals surface area contributed by atoms with Gasteiger partial charge in [0.1, 0.15) is 0 Å². The van der Waals surface area contributed by atoms with Gasteiger partial charge >= 0.3 is 0 Å². The first-order chi connectivity index (χ1) is 6.26. The molecule has 0 aromatic carbocycles. The molecule has 0 fully saturated rings. The normalized spacial score (nSPS) is 9.77. The molecule has 0 spiro atoms. The second kappa shape index (κ2) is 8.63. The van der Waals surface area contributed by atoms with Gasteiger partial charge in [-0.2, -0.15) is 11.8 Å². The third-order valence-electron chi connectivity index (χ3n) is 1.85. The summed E-state index contributed by atoms with van der Waals surface area (Å²) in [6, 6.07) is 0. The highest BCUT2D eigenvalue weighted by atomic mass is 32.2. The van der Waals surface area contributed by atoms with Crippen molar-refractivity contribution in [2.24, 2.45) is 0 Å². The van der Waals surface area contributed by atoms with Crippen molar-refractivity contribution in [2.75, 3.05) is 31.6 Å². The molecule has 0 rings (SSSR count). The lowest BCUT2D eigenvalue weighted by molar-refractivity contribution is 0.456. The number of thioether (sulfide) groups is 1. The molecule has 0 aliphatic carbocycles. The predicted molar refractivity (Wildman–Crippen MR) is 66.5 cm³/mol. The lowest BCUT2D eigenvalue weighted by atomic mass is 10.5. The summed E-state index contributed by atoms with van der Waals surface area (Å²) >= 11 is 7.11. The average molecular weight is 220 g/mol. The monoisotopic (exact) mass is 220 g/mol. The van der Waals surface area contributed by atoms with Crippen LogP contribution in [0.1, 0.15) is 20.3 Å². The first-order valence-electron chi connectivity index (χ1n) is 4.77. The van der Waals surface area contributed by atoms with Crippen LogP contribution in [0.4, 0.5) is 0 Å². The van der Waals surface area contributed by atoms with E-state index in [0.29, 0.717) is 0 Å². The van der Waals surface area contributed by atoms with Crippen LogP contribution in [-0.4, -0.2) is 41.7 Å². The van der Waals surface area contributed by atoms with Crippen LogP contribution in [0, 0.1) is 0 Å². The van der Waals surface area contributed by atoms with Gasteiger partial charge in [-0.05, 0) is 44.5 Å². The molecule has 0 aliphatic heterocycles. The van der Waals surface area contributed by atoms with Gasteiger partial charge in [0, 0.05) is 19.6 Å². The van der Waals surface area contributed by atoms with Crippen molar-refractivity contribution in [3.8, 4) is 0 Å². The van der Waals surface area contributed by atoms with Gasteiger partial charge < -0.3 is 10.2 Å². The van der Waals surface area contributed by atoms with Crippen LogP contribution in [-0.2, 0) is 0 Å². The lowest BCUT2D eigenvalue weighted by Crippen LogP contribution is -2.39. The number of thiocarbonyl (C=S) groups is 1. The van der Waals surface area contributed by atoms with E-state index in [9.17, 15) is 0 Å². The smallest absolute Gasteiger partial charge is 0.168 e. The second-order valence-electron chi connectivity index (χ2n) is 2.75. The molecule has 0 heterocycles. The second-order valence-corrected chi connectivity index (χ2v) is 4.12. The molecule has 1 N–H and O–H groups in total. The Hall–Kier alpha value is 0.0400. The third-order valence-corrected chi connectivity index (χ3v) is 2.95. The zero-order valence-electron chi connectivity index (χ0n) is 8.80. The van der Waals surface area contributed by atoms with Crippen molar-refractivity contribution in [3.63, 3.8) is 0 Å². The maximum Gasteiger partial charge on any atom is 0.168 e. The third kappa shape index (κ3) is 6.16. The molecule has 0 aromatic rings. The molecule has 78 valence electrons. The minimum absolute atomic E-state index is 0.895. The summed E-state index contributed by atoms with van der Waals surface area (Å²) in [6.45, 7) is 7.23. The van der Waals surface area contributed by atoms with E-state index < -0.39 is 0 Å². The predicted octanol–water partition coefficient (Wildman–Crippen LogP) is 1.96. The molecule has 13 heavy (non-hydrogen) atoms. The van der Waals surface area contributed by atoms with E-state index in [2.05, 4.69) is 30.3 Å². The number of hydrogen-bond donors (Lipinski definition) is 1. The van der Waals surface area contributed by atoms with Gasteiger partial charge in [-0.3, -0.25) is 0 Å². The Balaban J connectivity index is 3.48. The van der Waals surface area contributed by atoms with Crippen molar-refractivity contribution in [3.05, 3.63) is 0 Å².